The molecule has 2 rings (SSSR count). The lowest BCUT2D eigenvalue weighted by Gasteiger charge is -2.45. The second kappa shape index (κ2) is 2.51. The summed E-state index contributed by atoms with van der Waals surface area (Å²) >= 11 is 0. The minimum absolute atomic E-state index is 0.0300. The third-order valence-corrected chi connectivity index (χ3v) is 4.62. The Balaban J connectivity index is 2.33. The second-order valence-corrected chi connectivity index (χ2v) is 5.23. The van der Waals surface area contributed by atoms with Crippen LogP contribution in [0.25, 0.3) is 0 Å². The van der Waals surface area contributed by atoms with E-state index in [4.69, 9.17) is 6.42 Å². The molecule has 0 unspecified atom stereocenters. The Morgan fingerprint density at radius 2 is 2.00 bits per heavy atom. The molecule has 0 spiro atoms. The molecule has 0 saturated heterocycles. The maximum Gasteiger partial charge on any atom is 0.0837 e. The van der Waals surface area contributed by atoms with Crippen molar-refractivity contribution in [1.29, 1.82) is 0 Å². The molecule has 0 aromatic heterocycles. The molecule has 1 N–H and O–H groups in total. The van der Waals surface area contributed by atoms with Crippen molar-refractivity contribution in [3.05, 3.63) is 0 Å². The fraction of sp³-hybridized carbons (Fsp3) is 0.833. The van der Waals surface area contributed by atoms with Gasteiger partial charge in [-0.05, 0) is 36.5 Å². The van der Waals surface area contributed by atoms with E-state index in [9.17, 15) is 5.11 Å². The second-order valence-electron chi connectivity index (χ2n) is 5.23. The zero-order chi connectivity index (χ0) is 9.69. The smallest absolute Gasteiger partial charge is 0.0837 e. The van der Waals surface area contributed by atoms with Gasteiger partial charge < -0.3 is 5.11 Å². The van der Waals surface area contributed by atoms with Crippen LogP contribution in [0, 0.1) is 29.6 Å². The number of terminal acetylenes is 1. The molecular formula is C12H18O. The van der Waals surface area contributed by atoms with Gasteiger partial charge in [-0.1, -0.05) is 13.8 Å². The summed E-state index contributed by atoms with van der Waals surface area (Å²) in [5, 5.41) is 10.6. The van der Waals surface area contributed by atoms with Gasteiger partial charge in [-0.15, -0.1) is 12.3 Å². The summed E-state index contributed by atoms with van der Waals surface area (Å²) in [6.45, 7) is 4.35. The SMILES string of the molecule is C#CC[C@]1(O)[C@H]2CC[C@H](C2)C1(C)C. The third kappa shape index (κ3) is 0.929. The summed E-state index contributed by atoms with van der Waals surface area (Å²) in [4.78, 5) is 0. The highest BCUT2D eigenvalue weighted by molar-refractivity contribution is 5.15. The molecule has 2 fully saturated rings. The molecule has 0 amide bonds. The Morgan fingerprint density at radius 3 is 2.46 bits per heavy atom. The molecule has 2 saturated carbocycles. The van der Waals surface area contributed by atoms with Gasteiger partial charge in [0.15, 0.2) is 0 Å². The zero-order valence-corrected chi connectivity index (χ0v) is 8.51. The zero-order valence-electron chi connectivity index (χ0n) is 8.51. The first kappa shape index (κ1) is 9.09. The van der Waals surface area contributed by atoms with E-state index in [2.05, 4.69) is 19.8 Å². The summed E-state index contributed by atoms with van der Waals surface area (Å²) in [7, 11) is 0. The van der Waals surface area contributed by atoms with Gasteiger partial charge in [0.25, 0.3) is 0 Å². The largest absolute Gasteiger partial charge is 0.388 e. The van der Waals surface area contributed by atoms with E-state index in [1.165, 1.54) is 19.3 Å². The summed E-state index contributed by atoms with van der Waals surface area (Å²) in [5.74, 6) is 3.79. The van der Waals surface area contributed by atoms with Gasteiger partial charge >= 0.3 is 0 Å². The van der Waals surface area contributed by atoms with Crippen LogP contribution in [0.15, 0.2) is 0 Å². The Kier molecular flexibility index (Phi) is 1.76. The maximum absolute atomic E-state index is 10.6. The van der Waals surface area contributed by atoms with Crippen molar-refractivity contribution in [3.8, 4) is 12.3 Å². The molecule has 1 nitrogen and oxygen atoms in total. The predicted octanol–water partition coefficient (Wildman–Crippen LogP) is 2.20. The average Bonchev–Trinajstić information content (AvgIpc) is 2.56. The molecule has 2 aliphatic carbocycles. The molecular weight excluding hydrogens is 160 g/mol. The normalized spacial score (nSPS) is 46.3. The molecule has 0 radical (unpaired) electrons. The van der Waals surface area contributed by atoms with E-state index in [0.717, 1.165) is 0 Å². The van der Waals surface area contributed by atoms with Crippen molar-refractivity contribution in [1.82, 2.24) is 0 Å². The van der Waals surface area contributed by atoms with Gasteiger partial charge in [0.05, 0.1) is 5.60 Å². The highest BCUT2D eigenvalue weighted by Crippen LogP contribution is 2.62. The predicted molar refractivity (Wildman–Crippen MR) is 53.0 cm³/mol. The van der Waals surface area contributed by atoms with Crippen LogP contribution >= 0.6 is 0 Å². The van der Waals surface area contributed by atoms with Gasteiger partial charge in [-0.2, -0.15) is 0 Å². The fourth-order valence-corrected chi connectivity index (χ4v) is 3.48. The topological polar surface area (TPSA) is 20.2 Å². The van der Waals surface area contributed by atoms with Crippen LogP contribution in [0.5, 0.6) is 0 Å². The minimum atomic E-state index is -0.579. The van der Waals surface area contributed by atoms with E-state index in [1.54, 1.807) is 0 Å². The van der Waals surface area contributed by atoms with Gasteiger partial charge in [-0.25, -0.2) is 0 Å². The first-order valence-electron chi connectivity index (χ1n) is 5.18. The van der Waals surface area contributed by atoms with E-state index in [0.29, 0.717) is 18.3 Å². The van der Waals surface area contributed by atoms with Crippen LogP contribution < -0.4 is 0 Å². The van der Waals surface area contributed by atoms with Crippen molar-refractivity contribution in [3.63, 3.8) is 0 Å². The van der Waals surface area contributed by atoms with Crippen LogP contribution in [0.1, 0.15) is 39.5 Å². The molecule has 13 heavy (non-hydrogen) atoms. The number of hydrogen-bond acceptors (Lipinski definition) is 1. The number of rotatable bonds is 1. The molecule has 0 heterocycles. The fourth-order valence-electron chi connectivity index (χ4n) is 3.48. The molecule has 0 aromatic rings. The number of hydrogen-bond donors (Lipinski definition) is 1. The summed E-state index contributed by atoms with van der Waals surface area (Å²) in [6.07, 6.45) is 9.51. The molecule has 1 heteroatoms. The van der Waals surface area contributed by atoms with Crippen molar-refractivity contribution < 1.29 is 5.11 Å². The lowest BCUT2D eigenvalue weighted by Crippen LogP contribution is -2.49. The van der Waals surface area contributed by atoms with E-state index in [-0.39, 0.29) is 5.41 Å². The molecule has 2 aliphatic rings. The molecule has 0 aliphatic heterocycles. The van der Waals surface area contributed by atoms with E-state index < -0.39 is 5.60 Å². The van der Waals surface area contributed by atoms with Crippen molar-refractivity contribution in [2.24, 2.45) is 17.3 Å². The van der Waals surface area contributed by atoms with Gasteiger partial charge in [0.2, 0.25) is 0 Å². The van der Waals surface area contributed by atoms with Crippen molar-refractivity contribution >= 4 is 0 Å². The number of fused-ring (bicyclic) bond motifs is 2. The molecule has 72 valence electrons. The monoisotopic (exact) mass is 178 g/mol. The Labute approximate surface area is 80.5 Å². The average molecular weight is 178 g/mol. The molecule has 0 aromatic carbocycles. The summed E-state index contributed by atoms with van der Waals surface area (Å²) < 4.78 is 0. The van der Waals surface area contributed by atoms with Gasteiger partial charge in [0, 0.05) is 6.42 Å². The van der Waals surface area contributed by atoms with Crippen LogP contribution in [0.4, 0.5) is 0 Å². The van der Waals surface area contributed by atoms with Crippen LogP contribution in [-0.2, 0) is 0 Å². The van der Waals surface area contributed by atoms with Crippen LogP contribution in [0.2, 0.25) is 0 Å². The van der Waals surface area contributed by atoms with E-state index in [1.807, 2.05) is 0 Å². The molecule has 2 bridgehead atoms. The van der Waals surface area contributed by atoms with Crippen LogP contribution in [0.3, 0.4) is 0 Å². The number of aliphatic hydroxyl groups is 1. The van der Waals surface area contributed by atoms with Crippen molar-refractivity contribution in [2.75, 3.05) is 0 Å². The lowest BCUT2D eigenvalue weighted by atomic mass is 9.64. The highest BCUT2D eigenvalue weighted by Gasteiger charge is 2.61. The first-order valence-corrected chi connectivity index (χ1v) is 5.18. The minimum Gasteiger partial charge on any atom is -0.388 e. The first-order chi connectivity index (χ1) is 6.02. The quantitative estimate of drug-likeness (QED) is 0.610. The van der Waals surface area contributed by atoms with Gasteiger partial charge in [-0.3, -0.25) is 0 Å². The van der Waals surface area contributed by atoms with Crippen LogP contribution in [-0.4, -0.2) is 10.7 Å². The molecule has 3 atom stereocenters. The van der Waals surface area contributed by atoms with Gasteiger partial charge in [0.1, 0.15) is 0 Å². The summed E-state index contributed by atoms with van der Waals surface area (Å²) in [5.41, 5.74) is -0.549. The maximum atomic E-state index is 10.6. The van der Waals surface area contributed by atoms with E-state index >= 15 is 0 Å². The third-order valence-electron chi connectivity index (χ3n) is 4.62. The lowest BCUT2D eigenvalue weighted by molar-refractivity contribution is -0.101. The Bertz CT molecular complexity index is 261. The van der Waals surface area contributed by atoms with Crippen molar-refractivity contribution in [2.45, 2.75) is 45.1 Å². The Hall–Kier alpha value is -0.480. The highest BCUT2D eigenvalue weighted by atomic mass is 16.3. The summed E-state index contributed by atoms with van der Waals surface area (Å²) in [6, 6.07) is 0. The standard InChI is InChI=1S/C12H18O/c1-4-7-12(13)10-6-5-9(8-10)11(12,2)3/h1,9-10,13H,5-8H2,2-3H3/t9-,10+,12+/m1/s1. The Morgan fingerprint density at radius 1 is 1.38 bits per heavy atom.